The first-order valence-electron chi connectivity index (χ1n) is 7.79. The summed E-state index contributed by atoms with van der Waals surface area (Å²) in [5, 5.41) is 0. The second-order valence-corrected chi connectivity index (χ2v) is 5.94. The van der Waals surface area contributed by atoms with Crippen LogP contribution in [0, 0.1) is 5.82 Å². The molecule has 2 aromatic carbocycles. The van der Waals surface area contributed by atoms with E-state index in [2.05, 4.69) is 19.1 Å². The van der Waals surface area contributed by atoms with Crippen molar-refractivity contribution in [1.29, 1.82) is 0 Å². The molecule has 1 heterocycles. The maximum Gasteiger partial charge on any atom is 0.227 e. The van der Waals surface area contributed by atoms with Gasteiger partial charge in [0, 0.05) is 18.7 Å². The lowest BCUT2D eigenvalue weighted by Gasteiger charge is -2.30. The first kappa shape index (κ1) is 14.8. The van der Waals surface area contributed by atoms with Crippen molar-refractivity contribution in [3.63, 3.8) is 0 Å². The molecule has 1 aliphatic rings. The third-order valence-corrected chi connectivity index (χ3v) is 4.31. The highest BCUT2D eigenvalue weighted by Crippen LogP contribution is 2.30. The molecule has 3 heteroatoms. The summed E-state index contributed by atoms with van der Waals surface area (Å²) in [5.41, 5.74) is 2.98. The number of hydrogen-bond acceptors (Lipinski definition) is 1. The molecular formula is C19H20FNO. The molecule has 1 atom stereocenters. The molecule has 0 saturated heterocycles. The number of halogens is 1. The van der Waals surface area contributed by atoms with Crippen molar-refractivity contribution < 1.29 is 9.18 Å². The standard InChI is InChI=1S/C19H20FNO/c1-14(15-6-3-2-4-7-15)12-19(22)21-11-5-8-16-13-17(20)9-10-18(16)21/h2-4,6-7,9-10,13-14H,5,8,11-12H2,1H3. The van der Waals surface area contributed by atoms with Crippen molar-refractivity contribution in [2.24, 2.45) is 0 Å². The van der Waals surface area contributed by atoms with Crippen LogP contribution in [0.2, 0.25) is 0 Å². The van der Waals surface area contributed by atoms with Gasteiger partial charge < -0.3 is 4.90 Å². The number of nitrogens with zero attached hydrogens (tertiary/aromatic N) is 1. The normalized spacial score (nSPS) is 15.3. The molecule has 0 bridgehead atoms. The molecule has 2 aromatic rings. The van der Waals surface area contributed by atoms with Crippen LogP contribution in [-0.4, -0.2) is 12.5 Å². The number of fused-ring (bicyclic) bond motifs is 1. The first-order chi connectivity index (χ1) is 10.6. The highest BCUT2D eigenvalue weighted by atomic mass is 19.1. The zero-order valence-electron chi connectivity index (χ0n) is 12.8. The van der Waals surface area contributed by atoms with E-state index >= 15 is 0 Å². The molecular weight excluding hydrogens is 277 g/mol. The molecule has 0 radical (unpaired) electrons. The van der Waals surface area contributed by atoms with Crippen LogP contribution in [0.25, 0.3) is 0 Å². The molecule has 1 aliphatic heterocycles. The number of benzene rings is 2. The van der Waals surface area contributed by atoms with Crippen LogP contribution in [0.15, 0.2) is 48.5 Å². The van der Waals surface area contributed by atoms with E-state index in [-0.39, 0.29) is 17.6 Å². The average Bonchev–Trinajstić information content (AvgIpc) is 2.54. The van der Waals surface area contributed by atoms with Gasteiger partial charge in [-0.05, 0) is 48.1 Å². The number of carbonyl (C=O) groups excluding carboxylic acids is 1. The van der Waals surface area contributed by atoms with Crippen LogP contribution < -0.4 is 4.90 Å². The minimum atomic E-state index is -0.231. The van der Waals surface area contributed by atoms with Crippen LogP contribution in [0.1, 0.15) is 36.8 Å². The molecule has 0 N–H and O–H groups in total. The fraction of sp³-hybridized carbons (Fsp3) is 0.316. The fourth-order valence-corrected chi connectivity index (χ4v) is 3.10. The number of amides is 1. The SMILES string of the molecule is CC(CC(=O)N1CCCc2cc(F)ccc21)c1ccccc1. The Balaban J connectivity index is 1.77. The second kappa shape index (κ2) is 6.30. The van der Waals surface area contributed by atoms with E-state index in [4.69, 9.17) is 0 Å². The third kappa shape index (κ3) is 3.03. The zero-order chi connectivity index (χ0) is 15.5. The van der Waals surface area contributed by atoms with Crippen LogP contribution in [-0.2, 0) is 11.2 Å². The largest absolute Gasteiger partial charge is 0.312 e. The van der Waals surface area contributed by atoms with E-state index < -0.39 is 0 Å². The van der Waals surface area contributed by atoms with Crippen LogP contribution in [0.4, 0.5) is 10.1 Å². The Morgan fingerprint density at radius 1 is 1.23 bits per heavy atom. The van der Waals surface area contributed by atoms with E-state index in [9.17, 15) is 9.18 Å². The Labute approximate surface area is 130 Å². The summed E-state index contributed by atoms with van der Waals surface area (Å²) in [6.45, 7) is 2.79. The average molecular weight is 297 g/mol. The van der Waals surface area contributed by atoms with Gasteiger partial charge in [-0.2, -0.15) is 0 Å². The van der Waals surface area contributed by atoms with Crippen molar-refractivity contribution in [2.45, 2.75) is 32.1 Å². The van der Waals surface area contributed by atoms with Crippen LogP contribution >= 0.6 is 0 Å². The maximum atomic E-state index is 13.4. The van der Waals surface area contributed by atoms with Gasteiger partial charge in [0.05, 0.1) is 0 Å². The predicted molar refractivity (Wildman–Crippen MR) is 86.5 cm³/mol. The quantitative estimate of drug-likeness (QED) is 0.827. The van der Waals surface area contributed by atoms with Crippen molar-refractivity contribution in [3.05, 3.63) is 65.5 Å². The van der Waals surface area contributed by atoms with E-state index in [0.29, 0.717) is 6.42 Å². The van der Waals surface area contributed by atoms with Gasteiger partial charge >= 0.3 is 0 Å². The Morgan fingerprint density at radius 3 is 2.77 bits per heavy atom. The van der Waals surface area contributed by atoms with E-state index in [1.165, 1.54) is 11.6 Å². The van der Waals surface area contributed by atoms with Crippen LogP contribution in [0.3, 0.4) is 0 Å². The zero-order valence-corrected chi connectivity index (χ0v) is 12.8. The highest BCUT2D eigenvalue weighted by molar-refractivity contribution is 5.95. The van der Waals surface area contributed by atoms with Gasteiger partial charge in [-0.15, -0.1) is 0 Å². The van der Waals surface area contributed by atoms with E-state index in [1.807, 2.05) is 23.1 Å². The molecule has 2 nitrogen and oxygen atoms in total. The lowest BCUT2D eigenvalue weighted by atomic mass is 9.95. The van der Waals surface area contributed by atoms with E-state index in [1.54, 1.807) is 12.1 Å². The van der Waals surface area contributed by atoms with Gasteiger partial charge in [0.15, 0.2) is 0 Å². The van der Waals surface area contributed by atoms with E-state index in [0.717, 1.165) is 30.6 Å². The van der Waals surface area contributed by atoms with Crippen molar-refractivity contribution in [1.82, 2.24) is 0 Å². The summed E-state index contributed by atoms with van der Waals surface area (Å²) in [6.07, 6.45) is 2.20. The van der Waals surface area contributed by atoms with Gasteiger partial charge in [-0.3, -0.25) is 4.79 Å². The topological polar surface area (TPSA) is 20.3 Å². The Morgan fingerprint density at radius 2 is 2.00 bits per heavy atom. The molecule has 0 aromatic heterocycles. The van der Waals surface area contributed by atoms with Gasteiger partial charge in [-0.25, -0.2) is 4.39 Å². The fourth-order valence-electron chi connectivity index (χ4n) is 3.10. The monoisotopic (exact) mass is 297 g/mol. The molecule has 3 rings (SSSR count). The summed E-state index contributed by atoms with van der Waals surface area (Å²) in [4.78, 5) is 14.5. The molecule has 0 fully saturated rings. The molecule has 0 saturated carbocycles. The van der Waals surface area contributed by atoms with Gasteiger partial charge in [0.1, 0.15) is 5.82 Å². The Hall–Kier alpha value is -2.16. The lowest BCUT2D eigenvalue weighted by molar-refractivity contribution is -0.119. The predicted octanol–water partition coefficient (Wildman–Crippen LogP) is 4.30. The third-order valence-electron chi connectivity index (χ3n) is 4.31. The van der Waals surface area contributed by atoms with Gasteiger partial charge in [0.2, 0.25) is 5.91 Å². The summed E-state index contributed by atoms with van der Waals surface area (Å²) < 4.78 is 13.4. The summed E-state index contributed by atoms with van der Waals surface area (Å²) in [6, 6.07) is 14.8. The number of carbonyl (C=O) groups is 1. The number of anilines is 1. The molecule has 0 spiro atoms. The minimum Gasteiger partial charge on any atom is -0.312 e. The van der Waals surface area contributed by atoms with Crippen molar-refractivity contribution in [2.75, 3.05) is 11.4 Å². The number of hydrogen-bond donors (Lipinski definition) is 0. The van der Waals surface area contributed by atoms with Gasteiger partial charge in [0.25, 0.3) is 0 Å². The smallest absolute Gasteiger partial charge is 0.227 e. The lowest BCUT2D eigenvalue weighted by Crippen LogP contribution is -2.36. The number of aryl methyl sites for hydroxylation is 1. The summed E-state index contributed by atoms with van der Waals surface area (Å²) in [7, 11) is 0. The molecule has 1 unspecified atom stereocenters. The molecule has 114 valence electrons. The second-order valence-electron chi connectivity index (χ2n) is 5.94. The molecule has 0 aliphatic carbocycles. The maximum absolute atomic E-state index is 13.4. The molecule has 22 heavy (non-hydrogen) atoms. The Bertz CT molecular complexity index is 668. The summed E-state index contributed by atoms with van der Waals surface area (Å²) >= 11 is 0. The number of rotatable bonds is 3. The van der Waals surface area contributed by atoms with Gasteiger partial charge in [-0.1, -0.05) is 37.3 Å². The van der Waals surface area contributed by atoms with Crippen molar-refractivity contribution >= 4 is 11.6 Å². The first-order valence-corrected chi connectivity index (χ1v) is 7.79. The molecule has 1 amide bonds. The Kier molecular flexibility index (Phi) is 4.23. The van der Waals surface area contributed by atoms with Crippen LogP contribution in [0.5, 0.6) is 0 Å². The van der Waals surface area contributed by atoms with Crippen molar-refractivity contribution in [3.8, 4) is 0 Å². The highest BCUT2D eigenvalue weighted by Gasteiger charge is 2.24. The summed E-state index contributed by atoms with van der Waals surface area (Å²) in [5.74, 6) is 0.0640. The minimum absolute atomic E-state index is 0.115.